The van der Waals surface area contributed by atoms with Crippen LogP contribution in [-0.4, -0.2) is 36.3 Å². The SMILES string of the molecule is Cc1ccc(C(=O)NCC(F)(F)F)cc1NC(=O)NCC(O)c1ccccc1F. The lowest BCUT2D eigenvalue weighted by atomic mass is 10.1. The van der Waals surface area contributed by atoms with E-state index in [9.17, 15) is 32.3 Å². The summed E-state index contributed by atoms with van der Waals surface area (Å²) in [5.41, 5.74) is 0.707. The third kappa shape index (κ3) is 6.75. The quantitative estimate of drug-likeness (QED) is 0.548. The van der Waals surface area contributed by atoms with E-state index in [0.717, 1.165) is 0 Å². The monoisotopic (exact) mass is 413 g/mol. The second kappa shape index (κ2) is 9.37. The van der Waals surface area contributed by atoms with E-state index in [4.69, 9.17) is 0 Å². The van der Waals surface area contributed by atoms with Crippen LogP contribution < -0.4 is 16.0 Å². The second-order valence-electron chi connectivity index (χ2n) is 6.20. The van der Waals surface area contributed by atoms with Gasteiger partial charge < -0.3 is 21.1 Å². The summed E-state index contributed by atoms with van der Waals surface area (Å²) in [7, 11) is 0. The summed E-state index contributed by atoms with van der Waals surface area (Å²) in [6, 6.07) is 8.85. The molecule has 2 aromatic carbocycles. The molecule has 0 radical (unpaired) electrons. The van der Waals surface area contributed by atoms with Crippen LogP contribution in [0.25, 0.3) is 0 Å². The topological polar surface area (TPSA) is 90.5 Å². The third-order valence-electron chi connectivity index (χ3n) is 3.92. The van der Waals surface area contributed by atoms with Crippen molar-refractivity contribution in [3.63, 3.8) is 0 Å². The van der Waals surface area contributed by atoms with Crippen molar-refractivity contribution in [3.05, 3.63) is 65.0 Å². The standard InChI is InChI=1S/C19H19F4N3O3/c1-11-6-7-12(17(28)25-10-19(21,22)23)8-15(11)26-18(29)24-9-16(27)13-4-2-3-5-14(13)20/h2-8,16,27H,9-10H2,1H3,(H,25,28)(H2,24,26,29). The van der Waals surface area contributed by atoms with Gasteiger partial charge in [0.05, 0.1) is 6.10 Å². The molecule has 0 spiro atoms. The van der Waals surface area contributed by atoms with E-state index < -0.39 is 36.6 Å². The van der Waals surface area contributed by atoms with Crippen LogP contribution >= 0.6 is 0 Å². The number of halogens is 4. The Morgan fingerprint density at radius 2 is 1.79 bits per heavy atom. The van der Waals surface area contributed by atoms with Crippen molar-refractivity contribution in [1.29, 1.82) is 0 Å². The third-order valence-corrected chi connectivity index (χ3v) is 3.92. The summed E-state index contributed by atoms with van der Waals surface area (Å²) in [5, 5.41) is 16.5. The highest BCUT2D eigenvalue weighted by molar-refractivity contribution is 5.97. The van der Waals surface area contributed by atoms with E-state index >= 15 is 0 Å². The van der Waals surface area contributed by atoms with E-state index in [1.165, 1.54) is 36.4 Å². The zero-order valence-corrected chi connectivity index (χ0v) is 15.3. The summed E-state index contributed by atoms with van der Waals surface area (Å²) in [6.45, 7) is -0.129. The van der Waals surface area contributed by atoms with Gasteiger partial charge in [-0.2, -0.15) is 13.2 Å². The lowest BCUT2D eigenvalue weighted by Crippen LogP contribution is -2.34. The van der Waals surface area contributed by atoms with Crippen molar-refractivity contribution in [1.82, 2.24) is 10.6 Å². The van der Waals surface area contributed by atoms with Crippen molar-refractivity contribution >= 4 is 17.6 Å². The van der Waals surface area contributed by atoms with Crippen LogP contribution in [-0.2, 0) is 0 Å². The van der Waals surface area contributed by atoms with Gasteiger partial charge in [0.25, 0.3) is 5.91 Å². The van der Waals surface area contributed by atoms with Crippen LogP contribution in [0.15, 0.2) is 42.5 Å². The van der Waals surface area contributed by atoms with Crippen molar-refractivity contribution in [2.75, 3.05) is 18.4 Å². The minimum Gasteiger partial charge on any atom is -0.386 e. The molecule has 0 heterocycles. The van der Waals surface area contributed by atoms with Gasteiger partial charge >= 0.3 is 12.2 Å². The molecule has 0 aliphatic carbocycles. The van der Waals surface area contributed by atoms with Crippen LogP contribution in [0, 0.1) is 12.7 Å². The molecule has 2 aromatic rings. The second-order valence-corrected chi connectivity index (χ2v) is 6.20. The molecule has 6 nitrogen and oxygen atoms in total. The number of hydrogen-bond acceptors (Lipinski definition) is 3. The average molecular weight is 413 g/mol. The predicted molar refractivity (Wildman–Crippen MR) is 97.9 cm³/mol. The van der Waals surface area contributed by atoms with Crippen LogP contribution in [0.4, 0.5) is 28.0 Å². The number of benzene rings is 2. The zero-order chi connectivity index (χ0) is 21.6. The van der Waals surface area contributed by atoms with Crippen molar-refractivity contribution < 1.29 is 32.3 Å². The molecule has 3 amide bonds. The Labute approximate surface area is 163 Å². The normalized spacial score (nSPS) is 12.2. The van der Waals surface area contributed by atoms with Gasteiger partial charge in [0.1, 0.15) is 12.4 Å². The lowest BCUT2D eigenvalue weighted by Gasteiger charge is -2.15. The maximum absolute atomic E-state index is 13.6. The maximum Gasteiger partial charge on any atom is 0.405 e. The zero-order valence-electron chi connectivity index (χ0n) is 15.3. The largest absolute Gasteiger partial charge is 0.405 e. The Kier molecular flexibility index (Phi) is 7.16. The van der Waals surface area contributed by atoms with Crippen LogP contribution in [0.2, 0.25) is 0 Å². The minimum atomic E-state index is -4.54. The Balaban J connectivity index is 1.97. The lowest BCUT2D eigenvalue weighted by molar-refractivity contribution is -0.123. The molecule has 2 rings (SSSR count). The van der Waals surface area contributed by atoms with Crippen molar-refractivity contribution in [2.24, 2.45) is 0 Å². The van der Waals surface area contributed by atoms with Gasteiger partial charge in [-0.25, -0.2) is 9.18 Å². The maximum atomic E-state index is 13.6. The summed E-state index contributed by atoms with van der Waals surface area (Å²) < 4.78 is 50.3. The van der Waals surface area contributed by atoms with Crippen LogP contribution in [0.1, 0.15) is 27.6 Å². The number of hydrogen-bond donors (Lipinski definition) is 4. The smallest absolute Gasteiger partial charge is 0.386 e. The van der Waals surface area contributed by atoms with E-state index in [1.54, 1.807) is 18.3 Å². The first-order chi connectivity index (χ1) is 13.6. The molecule has 0 aromatic heterocycles. The number of aliphatic hydroxyl groups excluding tert-OH is 1. The van der Waals surface area contributed by atoms with Gasteiger partial charge in [0.15, 0.2) is 0 Å². The molecule has 156 valence electrons. The van der Waals surface area contributed by atoms with Crippen molar-refractivity contribution in [3.8, 4) is 0 Å². The Bertz CT molecular complexity index is 887. The summed E-state index contributed by atoms with van der Waals surface area (Å²) >= 11 is 0. The number of amides is 3. The van der Waals surface area contributed by atoms with Gasteiger partial charge in [-0.15, -0.1) is 0 Å². The summed E-state index contributed by atoms with van der Waals surface area (Å²) in [6.07, 6.45) is -5.82. The number of urea groups is 1. The Morgan fingerprint density at radius 3 is 2.45 bits per heavy atom. The molecular weight excluding hydrogens is 394 g/mol. The molecule has 10 heteroatoms. The van der Waals surface area contributed by atoms with Gasteiger partial charge in [0.2, 0.25) is 0 Å². The highest BCUT2D eigenvalue weighted by Crippen LogP contribution is 2.19. The van der Waals surface area contributed by atoms with E-state index in [1.807, 2.05) is 0 Å². The molecule has 0 saturated heterocycles. The number of anilines is 1. The first-order valence-corrected chi connectivity index (χ1v) is 8.50. The predicted octanol–water partition coefficient (Wildman–Crippen LogP) is 3.28. The van der Waals surface area contributed by atoms with E-state index in [-0.39, 0.29) is 23.4 Å². The summed E-state index contributed by atoms with van der Waals surface area (Å²) in [5.74, 6) is -1.56. The first-order valence-electron chi connectivity index (χ1n) is 8.50. The average Bonchev–Trinajstić information content (AvgIpc) is 2.65. The van der Waals surface area contributed by atoms with E-state index in [0.29, 0.717) is 5.56 Å². The fourth-order valence-electron chi connectivity index (χ4n) is 2.39. The molecule has 0 aliphatic rings. The molecule has 1 unspecified atom stereocenters. The molecule has 1 atom stereocenters. The first kappa shape index (κ1) is 22.2. The number of aliphatic hydroxyl groups is 1. The van der Waals surface area contributed by atoms with Gasteiger partial charge in [-0.1, -0.05) is 24.3 Å². The van der Waals surface area contributed by atoms with Crippen LogP contribution in [0.3, 0.4) is 0 Å². The number of carbonyl (C=O) groups is 2. The Hall–Kier alpha value is -3.14. The molecule has 0 bridgehead atoms. The molecule has 0 aliphatic heterocycles. The molecule has 29 heavy (non-hydrogen) atoms. The van der Waals surface area contributed by atoms with Crippen LogP contribution in [0.5, 0.6) is 0 Å². The Morgan fingerprint density at radius 1 is 1.10 bits per heavy atom. The molecule has 0 fully saturated rings. The molecule has 4 N–H and O–H groups in total. The minimum absolute atomic E-state index is 0.0207. The van der Waals surface area contributed by atoms with Gasteiger partial charge in [-0.05, 0) is 30.7 Å². The molecule has 0 saturated carbocycles. The number of alkyl halides is 3. The fourth-order valence-corrected chi connectivity index (χ4v) is 2.39. The van der Waals surface area contributed by atoms with Crippen molar-refractivity contribution in [2.45, 2.75) is 19.2 Å². The number of carbonyl (C=O) groups excluding carboxylic acids is 2. The van der Waals surface area contributed by atoms with Gasteiger partial charge in [-0.3, -0.25) is 4.79 Å². The van der Waals surface area contributed by atoms with Gasteiger partial charge in [0, 0.05) is 23.4 Å². The summed E-state index contributed by atoms with van der Waals surface area (Å²) in [4.78, 5) is 23.9. The highest BCUT2D eigenvalue weighted by Gasteiger charge is 2.28. The number of rotatable bonds is 6. The number of nitrogens with one attached hydrogen (secondary N) is 3. The molecular formula is C19H19F4N3O3. The fraction of sp³-hybridized carbons (Fsp3) is 0.263. The van der Waals surface area contributed by atoms with E-state index in [2.05, 4.69) is 10.6 Å². The number of aryl methyl sites for hydroxylation is 1. The highest BCUT2D eigenvalue weighted by atomic mass is 19.4.